The summed E-state index contributed by atoms with van der Waals surface area (Å²) in [5, 5.41) is 2.74. The molecular formula is C6H11F2N. The van der Waals surface area contributed by atoms with Gasteiger partial charge in [-0.1, -0.05) is 6.92 Å². The maximum absolute atomic E-state index is 12.3. The molecule has 2 atom stereocenters. The molecule has 1 aliphatic carbocycles. The molecule has 0 aliphatic heterocycles. The highest BCUT2D eigenvalue weighted by Crippen LogP contribution is 2.54. The second-order valence-electron chi connectivity index (χ2n) is 2.63. The molecule has 1 saturated carbocycles. The Kier molecular flexibility index (Phi) is 1.47. The van der Waals surface area contributed by atoms with Gasteiger partial charge in [-0.05, 0) is 7.05 Å². The first kappa shape index (κ1) is 6.93. The van der Waals surface area contributed by atoms with Crippen LogP contribution < -0.4 is 5.32 Å². The lowest BCUT2D eigenvalue weighted by molar-refractivity contribution is 0.0867. The van der Waals surface area contributed by atoms with Gasteiger partial charge >= 0.3 is 0 Å². The van der Waals surface area contributed by atoms with E-state index in [1.165, 1.54) is 0 Å². The lowest BCUT2D eigenvalue weighted by Gasteiger charge is -1.93. The molecule has 0 bridgehead atoms. The van der Waals surface area contributed by atoms with E-state index in [4.69, 9.17) is 0 Å². The number of nitrogens with one attached hydrogen (secondary N) is 1. The Balaban J connectivity index is 2.33. The third-order valence-electron chi connectivity index (χ3n) is 2.02. The van der Waals surface area contributed by atoms with Crippen LogP contribution in [-0.4, -0.2) is 19.5 Å². The van der Waals surface area contributed by atoms with Crippen LogP contribution in [0.1, 0.15) is 6.92 Å². The fraction of sp³-hybridized carbons (Fsp3) is 1.00. The van der Waals surface area contributed by atoms with Gasteiger partial charge in [0.25, 0.3) is 5.92 Å². The van der Waals surface area contributed by atoms with Crippen molar-refractivity contribution < 1.29 is 8.78 Å². The van der Waals surface area contributed by atoms with Crippen molar-refractivity contribution in [3.05, 3.63) is 0 Å². The molecule has 9 heavy (non-hydrogen) atoms. The van der Waals surface area contributed by atoms with Gasteiger partial charge in [0, 0.05) is 18.4 Å². The molecule has 0 heterocycles. The number of hydrogen-bond donors (Lipinski definition) is 1. The average Bonchev–Trinajstić information content (AvgIpc) is 2.19. The summed E-state index contributed by atoms with van der Waals surface area (Å²) in [5.41, 5.74) is 0. The molecule has 0 amide bonds. The van der Waals surface area contributed by atoms with Crippen LogP contribution in [0.5, 0.6) is 0 Å². The summed E-state index contributed by atoms with van der Waals surface area (Å²) in [4.78, 5) is 0. The number of rotatable bonds is 2. The number of hydrogen-bond acceptors (Lipinski definition) is 1. The first-order valence-corrected chi connectivity index (χ1v) is 3.13. The summed E-state index contributed by atoms with van der Waals surface area (Å²) < 4.78 is 24.7. The van der Waals surface area contributed by atoms with Crippen LogP contribution in [0, 0.1) is 11.8 Å². The van der Waals surface area contributed by atoms with E-state index in [1.54, 1.807) is 14.0 Å². The fourth-order valence-electron chi connectivity index (χ4n) is 1.09. The Morgan fingerprint density at radius 1 is 1.56 bits per heavy atom. The van der Waals surface area contributed by atoms with Crippen LogP contribution in [-0.2, 0) is 0 Å². The quantitative estimate of drug-likeness (QED) is 0.598. The summed E-state index contributed by atoms with van der Waals surface area (Å²) in [5.74, 6) is -3.21. The van der Waals surface area contributed by atoms with Crippen molar-refractivity contribution in [2.45, 2.75) is 12.8 Å². The van der Waals surface area contributed by atoms with E-state index in [2.05, 4.69) is 5.32 Å². The van der Waals surface area contributed by atoms with Gasteiger partial charge in [-0.2, -0.15) is 0 Å². The van der Waals surface area contributed by atoms with Crippen molar-refractivity contribution in [2.24, 2.45) is 11.8 Å². The van der Waals surface area contributed by atoms with E-state index >= 15 is 0 Å². The lowest BCUT2D eigenvalue weighted by Crippen LogP contribution is -2.13. The summed E-state index contributed by atoms with van der Waals surface area (Å²) in [6.45, 7) is 2.02. The Hall–Kier alpha value is -0.180. The Morgan fingerprint density at radius 2 is 2.00 bits per heavy atom. The van der Waals surface area contributed by atoms with Gasteiger partial charge in [0.05, 0.1) is 0 Å². The van der Waals surface area contributed by atoms with Gasteiger partial charge in [0.2, 0.25) is 0 Å². The highest BCUT2D eigenvalue weighted by atomic mass is 19.3. The van der Waals surface area contributed by atoms with E-state index in [-0.39, 0.29) is 0 Å². The lowest BCUT2D eigenvalue weighted by atomic mass is 10.3. The zero-order valence-electron chi connectivity index (χ0n) is 5.62. The highest BCUT2D eigenvalue weighted by molar-refractivity contribution is 5.03. The molecule has 0 unspecified atom stereocenters. The minimum absolute atomic E-state index is 0.412. The number of halogens is 2. The largest absolute Gasteiger partial charge is 0.319 e. The molecule has 0 aromatic carbocycles. The van der Waals surface area contributed by atoms with Gasteiger partial charge in [0.15, 0.2) is 0 Å². The molecule has 1 N–H and O–H groups in total. The molecule has 0 spiro atoms. The SMILES string of the molecule is CNC[C@H]1[C@@H](C)C1(F)F. The van der Waals surface area contributed by atoms with Crippen LogP contribution >= 0.6 is 0 Å². The maximum atomic E-state index is 12.3. The third kappa shape index (κ3) is 0.936. The second kappa shape index (κ2) is 1.90. The predicted molar refractivity (Wildman–Crippen MR) is 31.5 cm³/mol. The average molecular weight is 135 g/mol. The molecular weight excluding hydrogens is 124 g/mol. The molecule has 3 heteroatoms. The molecule has 1 rings (SSSR count). The second-order valence-corrected chi connectivity index (χ2v) is 2.63. The predicted octanol–water partition coefficient (Wildman–Crippen LogP) is 1.11. The van der Waals surface area contributed by atoms with Crippen molar-refractivity contribution in [1.29, 1.82) is 0 Å². The van der Waals surface area contributed by atoms with Gasteiger partial charge in [-0.15, -0.1) is 0 Å². The van der Waals surface area contributed by atoms with Crippen LogP contribution in [0.3, 0.4) is 0 Å². The van der Waals surface area contributed by atoms with Gasteiger partial charge < -0.3 is 5.32 Å². The topological polar surface area (TPSA) is 12.0 Å². The Labute approximate surface area is 53.4 Å². The van der Waals surface area contributed by atoms with Crippen LogP contribution in [0.4, 0.5) is 8.78 Å². The normalized spacial score (nSPS) is 38.7. The van der Waals surface area contributed by atoms with E-state index in [9.17, 15) is 8.78 Å². The highest BCUT2D eigenvalue weighted by Gasteiger charge is 2.64. The van der Waals surface area contributed by atoms with E-state index < -0.39 is 17.8 Å². The molecule has 0 saturated heterocycles. The van der Waals surface area contributed by atoms with Crippen LogP contribution in [0.15, 0.2) is 0 Å². The third-order valence-corrected chi connectivity index (χ3v) is 2.02. The first-order chi connectivity index (χ1) is 4.10. The summed E-state index contributed by atoms with van der Waals surface area (Å²) in [6, 6.07) is 0. The van der Waals surface area contributed by atoms with Crippen LogP contribution in [0.25, 0.3) is 0 Å². The van der Waals surface area contributed by atoms with E-state index in [1.807, 2.05) is 0 Å². The van der Waals surface area contributed by atoms with Crippen LogP contribution in [0.2, 0.25) is 0 Å². The molecule has 0 aromatic heterocycles. The molecule has 1 fully saturated rings. The standard InChI is InChI=1S/C6H11F2N/c1-4-5(3-9-2)6(4,7)8/h4-5,9H,3H2,1-2H3/t4-,5+/m1/s1. The maximum Gasteiger partial charge on any atom is 0.255 e. The zero-order valence-corrected chi connectivity index (χ0v) is 5.62. The van der Waals surface area contributed by atoms with Crippen molar-refractivity contribution in [3.63, 3.8) is 0 Å². The number of alkyl halides is 2. The van der Waals surface area contributed by atoms with Crippen molar-refractivity contribution in [3.8, 4) is 0 Å². The van der Waals surface area contributed by atoms with Gasteiger partial charge in [-0.25, -0.2) is 8.78 Å². The molecule has 1 aliphatic rings. The van der Waals surface area contributed by atoms with Crippen molar-refractivity contribution in [2.75, 3.05) is 13.6 Å². The Bertz CT molecular complexity index is 114. The molecule has 54 valence electrons. The van der Waals surface area contributed by atoms with Crippen molar-refractivity contribution >= 4 is 0 Å². The van der Waals surface area contributed by atoms with Gasteiger partial charge in [0.1, 0.15) is 0 Å². The minimum Gasteiger partial charge on any atom is -0.319 e. The van der Waals surface area contributed by atoms with E-state index in [0.717, 1.165) is 0 Å². The smallest absolute Gasteiger partial charge is 0.255 e. The Morgan fingerprint density at radius 3 is 2.11 bits per heavy atom. The van der Waals surface area contributed by atoms with E-state index in [0.29, 0.717) is 6.54 Å². The molecule has 0 aromatic rings. The molecule has 1 nitrogen and oxygen atoms in total. The summed E-state index contributed by atoms with van der Waals surface area (Å²) >= 11 is 0. The van der Waals surface area contributed by atoms with Gasteiger partial charge in [-0.3, -0.25) is 0 Å². The van der Waals surface area contributed by atoms with Crippen molar-refractivity contribution in [1.82, 2.24) is 5.32 Å². The fourth-order valence-corrected chi connectivity index (χ4v) is 1.09. The monoisotopic (exact) mass is 135 g/mol. The zero-order chi connectivity index (χ0) is 7.07. The summed E-state index contributed by atoms with van der Waals surface area (Å²) in [6.07, 6.45) is 0. The first-order valence-electron chi connectivity index (χ1n) is 3.13. The minimum atomic E-state index is -2.39. The molecule has 0 radical (unpaired) electrons. The summed E-state index contributed by atoms with van der Waals surface area (Å²) in [7, 11) is 1.70.